The minimum atomic E-state index is 0.119. The van der Waals surface area contributed by atoms with Crippen LogP contribution in [0, 0.1) is 18.3 Å². The molecule has 1 saturated carbocycles. The summed E-state index contributed by atoms with van der Waals surface area (Å²) in [4.78, 5) is 37.9. The first-order valence-electron chi connectivity index (χ1n) is 10.5. The minimum Gasteiger partial charge on any atom is -0.342 e. The summed E-state index contributed by atoms with van der Waals surface area (Å²) in [7, 11) is 0. The van der Waals surface area contributed by atoms with Crippen molar-refractivity contribution in [3.63, 3.8) is 0 Å². The number of nitrogens with two attached hydrogens (primary N) is 1. The molecule has 0 bridgehead atoms. The van der Waals surface area contributed by atoms with Crippen LogP contribution in [0.2, 0.25) is 0 Å². The molecule has 28 heavy (non-hydrogen) atoms. The van der Waals surface area contributed by atoms with Crippen LogP contribution >= 0.6 is 0 Å². The van der Waals surface area contributed by atoms with Gasteiger partial charge in [-0.2, -0.15) is 0 Å². The third-order valence-corrected chi connectivity index (χ3v) is 6.89. The van der Waals surface area contributed by atoms with Gasteiger partial charge in [0.05, 0.1) is 24.1 Å². The van der Waals surface area contributed by atoms with Crippen LogP contribution in [0.1, 0.15) is 56.3 Å². The van der Waals surface area contributed by atoms with Crippen molar-refractivity contribution in [2.45, 2.75) is 64.5 Å². The van der Waals surface area contributed by atoms with E-state index in [2.05, 4.69) is 9.97 Å². The number of amides is 2. The number of carbonyl (C=O) groups is 2. The Kier molecular flexibility index (Phi) is 5.36. The fourth-order valence-electron chi connectivity index (χ4n) is 5.05. The van der Waals surface area contributed by atoms with Gasteiger partial charge in [0.2, 0.25) is 11.8 Å². The molecule has 2 N–H and O–H groups in total. The van der Waals surface area contributed by atoms with Gasteiger partial charge < -0.3 is 15.5 Å². The molecule has 0 aromatic carbocycles. The number of carbonyl (C=O) groups excluding carboxylic acids is 2. The summed E-state index contributed by atoms with van der Waals surface area (Å²) in [6.07, 6.45) is 9.70. The van der Waals surface area contributed by atoms with Crippen LogP contribution in [0.3, 0.4) is 0 Å². The second kappa shape index (κ2) is 7.78. The lowest BCUT2D eigenvalue weighted by atomic mass is 9.72. The SMILES string of the molecule is Cc1cnc(CN2CC3(CCC2=O)CCN(C(=O)[C@@H]2CC[C@H](N)C2)CC3)cn1. The van der Waals surface area contributed by atoms with E-state index in [1.165, 1.54) is 0 Å². The van der Waals surface area contributed by atoms with Crippen LogP contribution in [-0.4, -0.2) is 57.3 Å². The second-order valence-corrected chi connectivity index (χ2v) is 8.99. The first kappa shape index (κ1) is 19.3. The lowest BCUT2D eigenvalue weighted by Gasteiger charge is -2.47. The number of rotatable bonds is 3. The van der Waals surface area contributed by atoms with E-state index in [-0.39, 0.29) is 23.3 Å². The van der Waals surface area contributed by atoms with Crippen LogP contribution < -0.4 is 5.73 Å². The Balaban J connectivity index is 1.35. The summed E-state index contributed by atoms with van der Waals surface area (Å²) >= 11 is 0. The van der Waals surface area contributed by atoms with Crippen LogP contribution in [-0.2, 0) is 16.1 Å². The highest BCUT2D eigenvalue weighted by Gasteiger charge is 2.42. The van der Waals surface area contributed by atoms with E-state index >= 15 is 0 Å². The van der Waals surface area contributed by atoms with Crippen molar-refractivity contribution in [3.05, 3.63) is 23.8 Å². The summed E-state index contributed by atoms with van der Waals surface area (Å²) < 4.78 is 0. The molecule has 4 rings (SSSR count). The smallest absolute Gasteiger partial charge is 0.225 e. The molecule has 1 aliphatic carbocycles. The molecule has 3 aliphatic rings. The summed E-state index contributed by atoms with van der Waals surface area (Å²) in [6, 6.07) is 0.188. The van der Waals surface area contributed by atoms with Gasteiger partial charge in [-0.15, -0.1) is 0 Å². The molecule has 1 spiro atoms. The highest BCUT2D eigenvalue weighted by Crippen LogP contribution is 2.41. The average molecular weight is 386 g/mol. The molecule has 7 heteroatoms. The standard InChI is InChI=1S/C21H31N5O2/c1-15-11-24-18(12-23-15)13-26-14-21(5-4-19(26)27)6-8-25(9-7-21)20(28)16-2-3-17(22)10-16/h11-12,16-17H,2-10,13-14,22H2,1H3/t16-,17+/m1/s1. The third kappa shape index (κ3) is 4.04. The predicted octanol–water partition coefficient (Wildman–Crippen LogP) is 1.64. The first-order chi connectivity index (χ1) is 13.4. The Morgan fingerprint density at radius 3 is 2.64 bits per heavy atom. The zero-order valence-corrected chi connectivity index (χ0v) is 16.8. The van der Waals surface area contributed by atoms with Gasteiger partial charge in [0, 0.05) is 44.2 Å². The van der Waals surface area contributed by atoms with Crippen LogP contribution in [0.25, 0.3) is 0 Å². The van der Waals surface area contributed by atoms with Crippen molar-refractivity contribution in [2.24, 2.45) is 17.1 Å². The van der Waals surface area contributed by atoms with Gasteiger partial charge in [0.25, 0.3) is 0 Å². The van der Waals surface area contributed by atoms with Crippen molar-refractivity contribution < 1.29 is 9.59 Å². The van der Waals surface area contributed by atoms with Crippen molar-refractivity contribution >= 4 is 11.8 Å². The monoisotopic (exact) mass is 385 g/mol. The Labute approximate surface area is 166 Å². The fourth-order valence-corrected chi connectivity index (χ4v) is 5.05. The molecule has 3 heterocycles. The van der Waals surface area contributed by atoms with Crippen LogP contribution in [0.15, 0.2) is 12.4 Å². The quantitative estimate of drug-likeness (QED) is 0.854. The average Bonchev–Trinajstić information content (AvgIpc) is 3.13. The number of nitrogens with zero attached hydrogens (tertiary/aromatic N) is 4. The highest BCUT2D eigenvalue weighted by molar-refractivity contribution is 5.79. The van der Waals surface area contributed by atoms with E-state index < -0.39 is 0 Å². The molecule has 0 unspecified atom stereocenters. The molecule has 3 fully saturated rings. The number of hydrogen-bond donors (Lipinski definition) is 1. The van der Waals surface area contributed by atoms with E-state index in [9.17, 15) is 9.59 Å². The normalized spacial score (nSPS) is 27.4. The zero-order chi connectivity index (χ0) is 19.7. The number of likely N-dealkylation sites (tertiary alicyclic amines) is 2. The molecule has 2 amide bonds. The van der Waals surface area contributed by atoms with Crippen LogP contribution in [0.5, 0.6) is 0 Å². The second-order valence-electron chi connectivity index (χ2n) is 8.99. The van der Waals surface area contributed by atoms with E-state index in [0.29, 0.717) is 18.9 Å². The van der Waals surface area contributed by atoms with Gasteiger partial charge in [0.1, 0.15) is 0 Å². The summed E-state index contributed by atoms with van der Waals surface area (Å²) in [5.41, 5.74) is 7.83. The molecule has 1 aromatic heterocycles. The van der Waals surface area contributed by atoms with Gasteiger partial charge in [-0.25, -0.2) is 0 Å². The molecule has 152 valence electrons. The molecule has 0 radical (unpaired) electrons. The highest BCUT2D eigenvalue weighted by atomic mass is 16.2. The Morgan fingerprint density at radius 1 is 1.21 bits per heavy atom. The molecule has 1 aromatic rings. The van der Waals surface area contributed by atoms with Crippen molar-refractivity contribution in [2.75, 3.05) is 19.6 Å². The lowest BCUT2D eigenvalue weighted by Crippen LogP contribution is -2.52. The van der Waals surface area contributed by atoms with Gasteiger partial charge in [-0.1, -0.05) is 0 Å². The maximum absolute atomic E-state index is 12.8. The van der Waals surface area contributed by atoms with Crippen molar-refractivity contribution in [3.8, 4) is 0 Å². The first-order valence-corrected chi connectivity index (χ1v) is 10.5. The lowest BCUT2D eigenvalue weighted by molar-refractivity contribution is -0.144. The topological polar surface area (TPSA) is 92.4 Å². The third-order valence-electron chi connectivity index (χ3n) is 6.89. The van der Waals surface area contributed by atoms with Crippen molar-refractivity contribution in [1.29, 1.82) is 0 Å². The molecule has 2 saturated heterocycles. The zero-order valence-electron chi connectivity index (χ0n) is 16.8. The minimum absolute atomic E-state index is 0.119. The largest absolute Gasteiger partial charge is 0.342 e. The van der Waals surface area contributed by atoms with Gasteiger partial charge in [0.15, 0.2) is 0 Å². The van der Waals surface area contributed by atoms with Crippen LogP contribution in [0.4, 0.5) is 0 Å². The maximum Gasteiger partial charge on any atom is 0.225 e. The van der Waals surface area contributed by atoms with Gasteiger partial charge in [-0.3, -0.25) is 19.6 Å². The number of piperidine rings is 2. The number of aromatic nitrogens is 2. The predicted molar refractivity (Wildman–Crippen MR) is 105 cm³/mol. The van der Waals surface area contributed by atoms with E-state index in [4.69, 9.17) is 5.73 Å². The van der Waals surface area contributed by atoms with E-state index in [0.717, 1.165) is 69.5 Å². The van der Waals surface area contributed by atoms with Gasteiger partial charge >= 0.3 is 0 Å². The molecule has 2 aliphatic heterocycles. The molecule has 2 atom stereocenters. The molecular weight excluding hydrogens is 354 g/mol. The summed E-state index contributed by atoms with van der Waals surface area (Å²) in [6.45, 7) is 4.80. The number of aryl methyl sites for hydroxylation is 1. The van der Waals surface area contributed by atoms with E-state index in [1.807, 2.05) is 16.7 Å². The Morgan fingerprint density at radius 2 is 2.00 bits per heavy atom. The Bertz CT molecular complexity index is 727. The Hall–Kier alpha value is -2.02. The molecule has 7 nitrogen and oxygen atoms in total. The number of hydrogen-bond acceptors (Lipinski definition) is 5. The molecular formula is C21H31N5O2. The summed E-state index contributed by atoms with van der Waals surface area (Å²) in [5, 5.41) is 0. The summed E-state index contributed by atoms with van der Waals surface area (Å²) in [5.74, 6) is 0.613. The fraction of sp³-hybridized carbons (Fsp3) is 0.714. The van der Waals surface area contributed by atoms with Gasteiger partial charge in [-0.05, 0) is 50.9 Å². The van der Waals surface area contributed by atoms with E-state index in [1.54, 1.807) is 12.4 Å². The van der Waals surface area contributed by atoms with Crippen molar-refractivity contribution in [1.82, 2.24) is 19.8 Å². The maximum atomic E-state index is 12.8.